The Kier molecular flexibility index (Phi) is 7.68. The lowest BCUT2D eigenvalue weighted by atomic mass is 9.44. The molecule has 1 aliphatic heterocycles. The molecule has 1 aromatic rings. The highest BCUT2D eigenvalue weighted by Gasteiger charge is 2.70. The molecule has 4 aliphatic carbocycles. The van der Waals surface area contributed by atoms with Crippen LogP contribution < -0.4 is 5.63 Å². The second-order valence-electron chi connectivity index (χ2n) is 13.4. The van der Waals surface area contributed by atoms with E-state index < -0.39 is 65.0 Å². The molecule has 0 radical (unpaired) electrons. The van der Waals surface area contributed by atoms with Crippen LogP contribution >= 0.6 is 0 Å². The highest BCUT2D eigenvalue weighted by atomic mass is 16.7. The summed E-state index contributed by atoms with van der Waals surface area (Å²) in [6, 6.07) is 3.19. The second-order valence-corrected chi connectivity index (χ2v) is 13.4. The summed E-state index contributed by atoms with van der Waals surface area (Å²) in [5, 5.41) is 43.2. The first kappa shape index (κ1) is 29.9. The lowest BCUT2D eigenvalue weighted by Crippen LogP contribution is -2.68. The lowest BCUT2D eigenvalue weighted by Gasteiger charge is -2.64. The number of aldehydes is 1. The van der Waals surface area contributed by atoms with Gasteiger partial charge in [-0.1, -0.05) is 0 Å². The monoisotopic (exact) mass is 590 g/mol. The van der Waals surface area contributed by atoms with Gasteiger partial charge >= 0.3 is 11.6 Å². The fraction of sp³-hybridized carbons (Fsp3) is 0.774. The highest BCUT2D eigenvalue weighted by Crippen LogP contribution is 2.67. The van der Waals surface area contributed by atoms with E-state index in [2.05, 4.69) is 0 Å². The molecule has 5 unspecified atom stereocenters. The Morgan fingerprint density at radius 3 is 2.43 bits per heavy atom. The van der Waals surface area contributed by atoms with Gasteiger partial charge in [0, 0.05) is 19.4 Å². The van der Waals surface area contributed by atoms with Crippen LogP contribution in [-0.2, 0) is 23.8 Å². The first-order valence-electron chi connectivity index (χ1n) is 15.3. The van der Waals surface area contributed by atoms with Crippen molar-refractivity contribution in [2.24, 2.45) is 23.2 Å². The minimum atomic E-state index is -1.47. The van der Waals surface area contributed by atoms with Gasteiger partial charge in [0.2, 0.25) is 0 Å². The molecule has 11 heteroatoms. The van der Waals surface area contributed by atoms with Gasteiger partial charge in [-0.05, 0) is 93.6 Å². The number of hydrogen-bond acceptors (Lipinski definition) is 11. The third-order valence-corrected chi connectivity index (χ3v) is 11.5. The largest absolute Gasteiger partial charge is 0.458 e. The topological polar surface area (TPSA) is 173 Å². The average Bonchev–Trinajstić information content (AvgIpc) is 3.31. The molecule has 232 valence electrons. The molecule has 0 amide bonds. The van der Waals surface area contributed by atoms with Crippen molar-refractivity contribution >= 4 is 12.3 Å². The maximum Gasteiger partial charge on any atom is 0.335 e. The summed E-state index contributed by atoms with van der Waals surface area (Å²) in [6.45, 7) is 2.91. The minimum absolute atomic E-state index is 0.0373. The molecule has 4 N–H and O–H groups in total. The predicted molar refractivity (Wildman–Crippen MR) is 145 cm³/mol. The summed E-state index contributed by atoms with van der Waals surface area (Å²) < 4.78 is 23.1. The number of carbonyl (C=O) groups excluding carboxylic acids is 2. The molecule has 0 bridgehead atoms. The Morgan fingerprint density at radius 1 is 0.976 bits per heavy atom. The zero-order valence-electron chi connectivity index (χ0n) is 24.1. The molecule has 0 spiro atoms. The molecular formula is C31H42O11. The van der Waals surface area contributed by atoms with Gasteiger partial charge in [-0.2, -0.15) is 0 Å². The van der Waals surface area contributed by atoms with Crippen LogP contribution in [0.4, 0.5) is 0 Å². The molecule has 1 aromatic heterocycles. The van der Waals surface area contributed by atoms with E-state index >= 15 is 0 Å². The average molecular weight is 591 g/mol. The Hall–Kier alpha value is -2.15. The zero-order chi connectivity index (χ0) is 30.0. The van der Waals surface area contributed by atoms with E-state index in [-0.39, 0.29) is 30.1 Å². The van der Waals surface area contributed by atoms with Gasteiger partial charge in [0.05, 0.1) is 29.5 Å². The van der Waals surface area contributed by atoms with Crippen LogP contribution in [0.5, 0.6) is 0 Å². The SMILES string of the molecule is CC(=O)O[C@]12CC[C@@H]3[C@H](CC[C@@H]4[C@@H](c5ccc(=O)oc5)CC[C@@]43O)[C@@]1(C=O)CC[C@H](OC1OC(C)C(O)C(O)C1O)C2. The first-order chi connectivity index (χ1) is 19.9. The number of aliphatic hydroxyl groups excluding tert-OH is 3. The van der Waals surface area contributed by atoms with Gasteiger partial charge in [-0.25, -0.2) is 4.79 Å². The van der Waals surface area contributed by atoms with Crippen molar-refractivity contribution in [1.29, 1.82) is 0 Å². The Morgan fingerprint density at radius 2 is 1.74 bits per heavy atom. The normalized spacial score (nSPS) is 48.4. The Labute approximate surface area is 244 Å². The standard InChI is InChI=1S/C31H42O11/c1-16-25(35)26(36)27(37)28(40-16)41-19-7-10-29(15-32)22-5-4-21-20(18-3-6-24(34)39-14-18)8-12-31(21,38)23(22)9-11-30(29,13-19)42-17(2)33/h3,6,14-16,19-23,25-28,35-38H,4-5,7-13H2,1-2H3/t16?,19-,20+,21+,22-,23+,25?,26?,27?,28?,29-,30-,31+/m0/s1. The van der Waals surface area contributed by atoms with Crippen molar-refractivity contribution in [3.63, 3.8) is 0 Å². The van der Waals surface area contributed by atoms with Gasteiger partial charge in [0.15, 0.2) is 6.29 Å². The summed E-state index contributed by atoms with van der Waals surface area (Å²) in [6.07, 6.45) is 0.453. The van der Waals surface area contributed by atoms with E-state index in [1.54, 1.807) is 13.0 Å². The zero-order valence-corrected chi connectivity index (χ0v) is 24.1. The van der Waals surface area contributed by atoms with E-state index in [9.17, 15) is 34.8 Å². The van der Waals surface area contributed by atoms with Crippen LogP contribution in [0.25, 0.3) is 0 Å². The summed E-state index contributed by atoms with van der Waals surface area (Å²) in [5.41, 5.74) is -2.68. The lowest BCUT2D eigenvalue weighted by molar-refractivity contribution is -0.316. The molecule has 11 nitrogen and oxygen atoms in total. The first-order valence-corrected chi connectivity index (χ1v) is 15.3. The Balaban J connectivity index is 1.27. The highest BCUT2D eigenvalue weighted by molar-refractivity contribution is 5.70. The number of fused-ring (bicyclic) bond motifs is 5. The van der Waals surface area contributed by atoms with Crippen molar-refractivity contribution in [3.8, 4) is 0 Å². The maximum absolute atomic E-state index is 13.3. The second kappa shape index (κ2) is 10.8. The van der Waals surface area contributed by atoms with Gasteiger partial charge in [-0.3, -0.25) is 4.79 Å². The fourth-order valence-corrected chi connectivity index (χ4v) is 9.67. The minimum Gasteiger partial charge on any atom is -0.458 e. The molecule has 13 atom stereocenters. The quantitative estimate of drug-likeness (QED) is 0.223. The molecule has 4 saturated carbocycles. The molecule has 6 rings (SSSR count). The number of hydrogen-bond donors (Lipinski definition) is 4. The van der Waals surface area contributed by atoms with Crippen molar-refractivity contribution in [1.82, 2.24) is 0 Å². The number of carbonyl (C=O) groups is 2. The number of rotatable bonds is 5. The summed E-state index contributed by atoms with van der Waals surface area (Å²) in [5.74, 6) is -0.851. The summed E-state index contributed by atoms with van der Waals surface area (Å²) >= 11 is 0. The summed E-state index contributed by atoms with van der Waals surface area (Å²) in [7, 11) is 0. The molecular weight excluding hydrogens is 548 g/mol. The van der Waals surface area contributed by atoms with Crippen LogP contribution in [0.1, 0.15) is 83.1 Å². The van der Waals surface area contributed by atoms with E-state index in [4.69, 9.17) is 18.6 Å². The van der Waals surface area contributed by atoms with E-state index in [1.165, 1.54) is 19.3 Å². The summed E-state index contributed by atoms with van der Waals surface area (Å²) in [4.78, 5) is 37.3. The molecule has 42 heavy (non-hydrogen) atoms. The van der Waals surface area contributed by atoms with E-state index in [0.717, 1.165) is 18.3 Å². The number of esters is 1. The van der Waals surface area contributed by atoms with Crippen molar-refractivity contribution < 1.29 is 48.6 Å². The van der Waals surface area contributed by atoms with Crippen LogP contribution in [0.3, 0.4) is 0 Å². The molecule has 5 fully saturated rings. The number of ether oxygens (including phenoxy) is 3. The van der Waals surface area contributed by atoms with Gasteiger partial charge in [0.1, 0.15) is 30.2 Å². The van der Waals surface area contributed by atoms with Gasteiger partial charge in [-0.15, -0.1) is 0 Å². The molecule has 2 heterocycles. The van der Waals surface area contributed by atoms with E-state index in [1.807, 2.05) is 0 Å². The van der Waals surface area contributed by atoms with Crippen LogP contribution in [0.2, 0.25) is 0 Å². The van der Waals surface area contributed by atoms with Crippen LogP contribution in [0, 0.1) is 23.2 Å². The van der Waals surface area contributed by atoms with Crippen LogP contribution in [-0.4, -0.2) is 80.7 Å². The third-order valence-electron chi connectivity index (χ3n) is 11.5. The maximum atomic E-state index is 13.3. The molecule has 1 saturated heterocycles. The smallest absolute Gasteiger partial charge is 0.335 e. The van der Waals surface area contributed by atoms with Crippen molar-refractivity contribution in [3.05, 3.63) is 34.4 Å². The van der Waals surface area contributed by atoms with Crippen LogP contribution in [0.15, 0.2) is 27.6 Å². The van der Waals surface area contributed by atoms with Crippen molar-refractivity contribution in [2.75, 3.05) is 0 Å². The molecule has 0 aromatic carbocycles. The van der Waals surface area contributed by atoms with Gasteiger partial charge < -0.3 is 43.8 Å². The number of aliphatic hydroxyl groups is 4. The Bertz CT molecular complexity index is 1230. The van der Waals surface area contributed by atoms with Gasteiger partial charge in [0.25, 0.3) is 0 Å². The van der Waals surface area contributed by atoms with E-state index in [0.29, 0.717) is 44.9 Å². The third kappa shape index (κ3) is 4.50. The fourth-order valence-electron chi connectivity index (χ4n) is 9.67. The molecule has 5 aliphatic rings. The predicted octanol–water partition coefficient (Wildman–Crippen LogP) is 1.57. The van der Waals surface area contributed by atoms with Crippen molar-refractivity contribution in [2.45, 2.75) is 126 Å².